The number of carbonyl (C=O) groups excluding carboxylic acids is 1. The van der Waals surface area contributed by atoms with Gasteiger partial charge in [-0.3, -0.25) is 4.52 Å². The predicted molar refractivity (Wildman–Crippen MR) is 45.7 cm³/mol. The van der Waals surface area contributed by atoms with Crippen LogP contribution in [0.1, 0.15) is 0 Å². The van der Waals surface area contributed by atoms with Crippen LogP contribution in [-0.2, 0) is 13.9 Å². The number of phosphoric acid groups is 1. The van der Waals surface area contributed by atoms with Crippen molar-refractivity contribution in [2.75, 3.05) is 6.61 Å². The maximum atomic E-state index is 10.1. The van der Waals surface area contributed by atoms with E-state index in [4.69, 9.17) is 25.1 Å². The maximum Gasteiger partial charge on any atom is 0.469 e. The number of aldehydes is 1. The van der Waals surface area contributed by atoms with Gasteiger partial charge >= 0.3 is 7.82 Å². The van der Waals surface area contributed by atoms with Crippen LogP contribution in [-0.4, -0.2) is 61.8 Å². The van der Waals surface area contributed by atoms with Crippen LogP contribution in [0.2, 0.25) is 0 Å². The van der Waals surface area contributed by atoms with E-state index in [9.17, 15) is 9.36 Å². The molecule has 0 bridgehead atoms. The first kappa shape index (κ1) is 17.0. The molecule has 0 saturated heterocycles. The van der Waals surface area contributed by atoms with Crippen LogP contribution < -0.4 is 0 Å². The Bertz CT molecular complexity index is 225. The molecule has 0 spiro atoms. The normalized spacial score (nSPS) is 17.4. The highest BCUT2D eigenvalue weighted by Gasteiger charge is 2.27. The third kappa shape index (κ3) is 7.54. The summed E-state index contributed by atoms with van der Waals surface area (Å²) >= 11 is 0. The number of aliphatic hydroxyl groups excluding tert-OH is 3. The second kappa shape index (κ2) is 6.99. The molecule has 0 saturated carbocycles. The van der Waals surface area contributed by atoms with Gasteiger partial charge in [-0.2, -0.15) is 0 Å². The van der Waals surface area contributed by atoms with Crippen molar-refractivity contribution in [3.63, 3.8) is 0 Å². The monoisotopic (exact) mass is 248 g/mol. The minimum Gasteiger partial charge on any atom is -0.412 e. The number of phosphoric ester groups is 1. The van der Waals surface area contributed by atoms with E-state index in [1.165, 1.54) is 0 Å². The Kier molecular flexibility index (Phi) is 7.93. The lowest BCUT2D eigenvalue weighted by Gasteiger charge is -2.19. The molecule has 0 fully saturated rings. The molecule has 92 valence electrons. The number of carbonyl (C=O) groups is 1. The predicted octanol–water partition coefficient (Wildman–Crippen LogP) is -3.45. The molecule has 0 amide bonds. The molecule has 0 aromatic heterocycles. The van der Waals surface area contributed by atoms with Gasteiger partial charge < -0.3 is 35.4 Å². The van der Waals surface area contributed by atoms with E-state index in [-0.39, 0.29) is 11.8 Å². The summed E-state index contributed by atoms with van der Waals surface area (Å²) in [5.74, 6) is 0. The Morgan fingerprint density at radius 2 is 1.73 bits per heavy atom. The summed E-state index contributed by atoms with van der Waals surface area (Å²) in [7, 11) is -4.74. The highest BCUT2D eigenvalue weighted by atomic mass is 31.2. The van der Waals surface area contributed by atoms with Gasteiger partial charge in [0.2, 0.25) is 0 Å². The van der Waals surface area contributed by atoms with E-state index in [1.807, 2.05) is 0 Å². The molecule has 3 atom stereocenters. The highest BCUT2D eigenvalue weighted by molar-refractivity contribution is 7.46. The van der Waals surface area contributed by atoms with Crippen molar-refractivity contribution in [2.45, 2.75) is 18.3 Å². The zero-order chi connectivity index (χ0) is 11.4. The van der Waals surface area contributed by atoms with Crippen molar-refractivity contribution in [3.8, 4) is 0 Å². The van der Waals surface area contributed by atoms with Crippen LogP contribution in [0.25, 0.3) is 0 Å². The third-order valence-electron chi connectivity index (χ3n) is 1.30. The molecular weight excluding hydrogens is 235 g/mol. The summed E-state index contributed by atoms with van der Waals surface area (Å²) in [5.41, 5.74) is 0. The van der Waals surface area contributed by atoms with E-state index in [0.717, 1.165) is 0 Å². The molecular formula is C5H13O9P. The fourth-order valence-corrected chi connectivity index (χ4v) is 0.927. The van der Waals surface area contributed by atoms with Crippen molar-refractivity contribution in [2.24, 2.45) is 0 Å². The second-order valence-electron chi connectivity index (χ2n) is 2.47. The van der Waals surface area contributed by atoms with Gasteiger partial charge in [-0.05, 0) is 0 Å². The van der Waals surface area contributed by atoms with Gasteiger partial charge in [0.15, 0.2) is 6.29 Å². The van der Waals surface area contributed by atoms with Gasteiger partial charge in [0, 0.05) is 0 Å². The molecule has 0 aromatic rings. The first-order valence-corrected chi connectivity index (χ1v) is 5.00. The van der Waals surface area contributed by atoms with E-state index >= 15 is 0 Å². The summed E-state index contributed by atoms with van der Waals surface area (Å²) in [4.78, 5) is 26.4. The molecule has 0 aliphatic carbocycles. The van der Waals surface area contributed by atoms with E-state index in [0.29, 0.717) is 0 Å². The number of hydrogen-bond acceptors (Lipinski definition) is 6. The molecule has 0 aliphatic rings. The lowest BCUT2D eigenvalue weighted by molar-refractivity contribution is -0.127. The van der Waals surface area contributed by atoms with Crippen LogP contribution in [0, 0.1) is 0 Å². The van der Waals surface area contributed by atoms with Crippen LogP contribution in [0.3, 0.4) is 0 Å². The Hall–Kier alpha value is -0.380. The van der Waals surface area contributed by atoms with Crippen LogP contribution in [0.4, 0.5) is 0 Å². The smallest absolute Gasteiger partial charge is 0.412 e. The molecule has 10 heteroatoms. The maximum absolute atomic E-state index is 10.1. The zero-order valence-corrected chi connectivity index (χ0v) is 8.32. The molecule has 0 heterocycles. The molecule has 15 heavy (non-hydrogen) atoms. The fraction of sp³-hybridized carbons (Fsp3) is 0.800. The van der Waals surface area contributed by atoms with Gasteiger partial charge in [0.25, 0.3) is 0 Å². The van der Waals surface area contributed by atoms with Crippen molar-refractivity contribution < 1.29 is 44.5 Å². The number of hydrogen-bond donors (Lipinski definition) is 5. The number of rotatable bonds is 6. The van der Waals surface area contributed by atoms with Crippen molar-refractivity contribution in [3.05, 3.63) is 0 Å². The SMILES string of the molecule is O.O=CC(O)C(O)C(O)COP(=O)(O)O. The third-order valence-corrected chi connectivity index (χ3v) is 1.78. The molecule has 0 rings (SSSR count). The molecule has 0 aromatic carbocycles. The van der Waals surface area contributed by atoms with Gasteiger partial charge in [-0.15, -0.1) is 0 Å². The van der Waals surface area contributed by atoms with Gasteiger partial charge in [0.1, 0.15) is 18.3 Å². The van der Waals surface area contributed by atoms with Gasteiger partial charge in [-0.1, -0.05) is 0 Å². The van der Waals surface area contributed by atoms with Crippen LogP contribution in [0.5, 0.6) is 0 Å². The zero-order valence-electron chi connectivity index (χ0n) is 7.42. The summed E-state index contributed by atoms with van der Waals surface area (Å²) in [5, 5.41) is 26.6. The Labute approximate surface area is 84.5 Å². The average molecular weight is 248 g/mol. The molecule has 0 radical (unpaired) electrons. The summed E-state index contributed by atoms with van der Waals surface area (Å²) in [6, 6.07) is 0. The van der Waals surface area contributed by atoms with Gasteiger partial charge in [-0.25, -0.2) is 4.57 Å². The molecule has 3 unspecified atom stereocenters. The van der Waals surface area contributed by atoms with Crippen molar-refractivity contribution in [1.29, 1.82) is 0 Å². The highest BCUT2D eigenvalue weighted by Crippen LogP contribution is 2.35. The van der Waals surface area contributed by atoms with E-state index in [2.05, 4.69) is 4.52 Å². The molecule has 7 N–H and O–H groups in total. The quantitative estimate of drug-likeness (QED) is 0.238. The lowest BCUT2D eigenvalue weighted by Crippen LogP contribution is -2.40. The van der Waals surface area contributed by atoms with Gasteiger partial charge in [0.05, 0.1) is 6.61 Å². The second-order valence-corrected chi connectivity index (χ2v) is 3.71. The topological polar surface area (TPSA) is 176 Å². The molecule has 0 aliphatic heterocycles. The molecule has 9 nitrogen and oxygen atoms in total. The average Bonchev–Trinajstić information content (AvgIpc) is 2.10. The Morgan fingerprint density at radius 3 is 2.07 bits per heavy atom. The number of aliphatic hydroxyl groups is 3. The first-order chi connectivity index (χ1) is 6.28. The minimum atomic E-state index is -4.74. The standard InChI is InChI=1S/C5H11O8P.H2O/c6-1-3(7)5(9)4(8)2-13-14(10,11)12;/h1,3-5,7-9H,2H2,(H2,10,11,12);1H2. The van der Waals surface area contributed by atoms with Crippen molar-refractivity contribution in [1.82, 2.24) is 0 Å². The summed E-state index contributed by atoms with van der Waals surface area (Å²) in [6.45, 7) is -0.893. The van der Waals surface area contributed by atoms with E-state index < -0.39 is 32.7 Å². The summed E-state index contributed by atoms with van der Waals surface area (Å²) in [6.07, 6.45) is -5.46. The van der Waals surface area contributed by atoms with Crippen LogP contribution in [0.15, 0.2) is 0 Å². The van der Waals surface area contributed by atoms with E-state index in [1.54, 1.807) is 0 Å². The summed E-state index contributed by atoms with van der Waals surface area (Å²) < 4.78 is 14.0. The fourth-order valence-electron chi connectivity index (χ4n) is 0.580. The Balaban J connectivity index is 0. The Morgan fingerprint density at radius 1 is 1.27 bits per heavy atom. The minimum absolute atomic E-state index is 0. The lowest BCUT2D eigenvalue weighted by atomic mass is 10.1. The first-order valence-electron chi connectivity index (χ1n) is 3.47. The van der Waals surface area contributed by atoms with Crippen molar-refractivity contribution >= 4 is 14.1 Å². The largest absolute Gasteiger partial charge is 0.469 e. The van der Waals surface area contributed by atoms with Crippen LogP contribution >= 0.6 is 7.82 Å².